The minimum absolute atomic E-state index is 0.250. The minimum Gasteiger partial charge on any atom is -0.430 e. The molecule has 0 bridgehead atoms. The molecular weight excluding hydrogens is 1230 g/mol. The van der Waals surface area contributed by atoms with Crippen LogP contribution in [0.5, 0.6) is 0 Å². The quantitative estimate of drug-likeness (QED) is 0.0649. The lowest BCUT2D eigenvalue weighted by Gasteiger charge is -2.30. The smallest absolute Gasteiger partial charge is 0.376 e. The third-order valence-electron chi connectivity index (χ3n) is 4.76. The number of halogens is 42. The van der Waals surface area contributed by atoms with E-state index in [0.29, 0.717) is 14.4 Å². The van der Waals surface area contributed by atoms with E-state index < -0.39 is 137 Å². The lowest BCUT2D eigenvalue weighted by atomic mass is 10.1. The van der Waals surface area contributed by atoms with Crippen molar-refractivity contribution in [2.75, 3.05) is 55.2 Å². The fourth-order valence-electron chi connectivity index (χ4n) is 2.13. The van der Waals surface area contributed by atoms with Gasteiger partial charge in [-0.25, -0.2) is 48.3 Å². The first kappa shape index (κ1) is 97.1. The summed E-state index contributed by atoms with van der Waals surface area (Å²) in [6.07, 6.45) is -37.0. The SMILES string of the molecule is CCF.CCF.CF.CF.FCF.FCOC(OC(F)=C(F)F)C(F)(F)C(F)(F)C(F)F.FCOC(OC(F)=C(F)F)C(F)(F)C(F)(F)C(F)F.FCOC(OC(F)=C(F)F)C(F)(F)C(F)(F)C(F)F.FF.FF.FF. The molecule has 0 radical (unpaired) electrons. The van der Waals surface area contributed by atoms with Gasteiger partial charge in [0.25, 0.3) is 18.9 Å². The van der Waals surface area contributed by atoms with Gasteiger partial charge in [0.1, 0.15) is 0 Å². The Morgan fingerprint density at radius 3 is 0.513 bits per heavy atom. The van der Waals surface area contributed by atoms with Crippen LogP contribution in [0.2, 0.25) is 0 Å². The highest BCUT2D eigenvalue weighted by Crippen LogP contribution is 2.46. The maximum Gasteiger partial charge on any atom is 0.376 e. The van der Waals surface area contributed by atoms with E-state index in [1.54, 1.807) is 0 Å². The van der Waals surface area contributed by atoms with E-state index in [4.69, 9.17) is 27.4 Å². The Hall–Kier alpha value is -4.44. The number of hydrogen-bond donors (Lipinski definition) is 0. The van der Waals surface area contributed by atoms with E-state index >= 15 is 0 Å². The van der Waals surface area contributed by atoms with Crippen molar-refractivity contribution in [2.24, 2.45) is 0 Å². The highest BCUT2D eigenvalue weighted by Gasteiger charge is 2.71. The van der Waals surface area contributed by atoms with Gasteiger partial charge in [-0.15, -0.1) is 0 Å². The van der Waals surface area contributed by atoms with Gasteiger partial charge in [0, 0.05) is 27.4 Å². The van der Waals surface area contributed by atoms with E-state index in [2.05, 4.69) is 28.4 Å². The molecule has 0 aliphatic heterocycles. The predicted octanol–water partition coefficient (Wildman–Crippen LogP) is 18.1. The monoisotopic (exact) mass is 1260 g/mol. The van der Waals surface area contributed by atoms with Crippen LogP contribution in [0.15, 0.2) is 36.3 Å². The molecule has 3 unspecified atom stereocenters. The van der Waals surface area contributed by atoms with Crippen molar-refractivity contribution in [3.63, 3.8) is 0 Å². The summed E-state index contributed by atoms with van der Waals surface area (Å²) < 4.78 is 487. The topological polar surface area (TPSA) is 55.4 Å². The molecule has 0 saturated heterocycles. The Morgan fingerprint density at radius 2 is 0.434 bits per heavy atom. The molecule has 6 nitrogen and oxygen atoms in total. The molecule has 0 amide bonds. The molecule has 0 saturated carbocycles. The molecule has 0 fully saturated rings. The van der Waals surface area contributed by atoms with Crippen molar-refractivity contribution in [2.45, 2.75) is 87.5 Å². The van der Waals surface area contributed by atoms with Gasteiger partial charge in [0.15, 0.2) is 20.6 Å². The minimum atomic E-state index is -6.13. The molecule has 76 heavy (non-hydrogen) atoms. The third-order valence-corrected chi connectivity index (χ3v) is 4.76. The second-order valence-electron chi connectivity index (χ2n) is 9.05. The van der Waals surface area contributed by atoms with Crippen LogP contribution in [0.1, 0.15) is 13.8 Å². The molecular formula is C28H30F42O6. The predicted molar refractivity (Wildman–Crippen MR) is 166 cm³/mol. The molecule has 0 N–H and O–H groups in total. The maximum absolute atomic E-state index is 12.8. The third kappa shape index (κ3) is 39.0. The second-order valence-corrected chi connectivity index (χ2v) is 9.05. The van der Waals surface area contributed by atoms with E-state index in [-0.39, 0.29) is 13.3 Å². The average molecular weight is 1260 g/mol. The van der Waals surface area contributed by atoms with Gasteiger partial charge >= 0.3 is 91.1 Å². The zero-order chi connectivity index (χ0) is 64.4. The standard InChI is InChI=1S/3C7H4F10O2.2C2H5F.CH2F2.2CH3F.3F2/c3*8-1-18-5(19-3(11)2(9)10)7(16,17)6(14,15)4(12)13;2*1-2-3;2-1-3;5*1-2/h3*4-5H,1H2;2*2H2,1H3;1H2;2*1H3;;;. The first-order valence-electron chi connectivity index (χ1n) is 15.9. The van der Waals surface area contributed by atoms with E-state index in [1.807, 2.05) is 0 Å². The molecule has 0 aliphatic carbocycles. The van der Waals surface area contributed by atoms with Gasteiger partial charge in [-0.05, 0) is 13.8 Å². The molecule has 48 heteroatoms. The van der Waals surface area contributed by atoms with Gasteiger partial charge < -0.3 is 28.4 Å². The van der Waals surface area contributed by atoms with Crippen LogP contribution in [0, 0.1) is 0 Å². The Labute approximate surface area is 394 Å². The summed E-state index contributed by atoms with van der Waals surface area (Å²) in [5, 5.41) is 0. The van der Waals surface area contributed by atoms with Crippen LogP contribution in [-0.2, 0) is 28.4 Å². The molecule has 0 aromatic carbocycles. The zero-order valence-corrected chi connectivity index (χ0v) is 36.0. The van der Waals surface area contributed by atoms with Gasteiger partial charge in [0.2, 0.25) is 6.93 Å². The van der Waals surface area contributed by atoms with E-state index in [0.717, 1.165) is 0 Å². The average Bonchev–Trinajstić information content (AvgIpc) is 3.34. The first-order chi connectivity index (χ1) is 34.7. The molecule has 0 heterocycles. The number of ether oxygens (including phenoxy) is 6. The summed E-state index contributed by atoms with van der Waals surface area (Å²) in [4.78, 5) is 0. The zero-order valence-electron chi connectivity index (χ0n) is 36.0. The number of alkyl halides is 27. The first-order valence-corrected chi connectivity index (χ1v) is 15.9. The molecule has 0 spiro atoms. The van der Waals surface area contributed by atoms with Crippen LogP contribution < -0.4 is 0 Å². The van der Waals surface area contributed by atoms with Crippen LogP contribution in [0.25, 0.3) is 0 Å². The van der Waals surface area contributed by atoms with E-state index in [9.17, 15) is 158 Å². The van der Waals surface area contributed by atoms with Crippen molar-refractivity contribution in [1.29, 1.82) is 0 Å². The van der Waals surface area contributed by atoms with Gasteiger partial charge in [-0.2, -0.15) is 92.2 Å². The fraction of sp³-hybridized carbons (Fsp3) is 0.786. The van der Waals surface area contributed by atoms with Crippen LogP contribution >= 0.6 is 0 Å². The summed E-state index contributed by atoms with van der Waals surface area (Å²) >= 11 is 0. The van der Waals surface area contributed by atoms with Gasteiger partial charge in [-0.1, -0.05) is 0 Å². The molecule has 472 valence electrons. The Kier molecular flexibility index (Phi) is 68.9. The molecule has 0 aliphatic rings. The highest BCUT2D eigenvalue weighted by molar-refractivity contribution is 4.95. The number of rotatable bonds is 21. The Bertz CT molecular complexity index is 1190. The van der Waals surface area contributed by atoms with Crippen LogP contribution in [-0.4, -0.2) is 129 Å². The van der Waals surface area contributed by atoms with Gasteiger partial charge in [0.05, 0.1) is 27.7 Å². The Balaban J connectivity index is -0.0000000792. The van der Waals surface area contributed by atoms with Gasteiger partial charge in [-0.3, -0.25) is 17.6 Å². The van der Waals surface area contributed by atoms with Crippen molar-refractivity contribution in [3.05, 3.63) is 36.3 Å². The van der Waals surface area contributed by atoms with Crippen molar-refractivity contribution < 1.29 is 214 Å². The summed E-state index contributed by atoms with van der Waals surface area (Å²) in [6.45, 7) is -6.25. The van der Waals surface area contributed by atoms with Crippen molar-refractivity contribution in [3.8, 4) is 0 Å². The summed E-state index contributed by atoms with van der Waals surface area (Å²) in [7, 11) is 1.00. The van der Waals surface area contributed by atoms with E-state index in [1.165, 1.54) is 13.8 Å². The van der Waals surface area contributed by atoms with Crippen LogP contribution in [0.4, 0.5) is 186 Å². The van der Waals surface area contributed by atoms with Crippen LogP contribution in [0.3, 0.4) is 0 Å². The highest BCUT2D eigenvalue weighted by atomic mass is 20.0. The normalized spacial score (nSPS) is 12.0. The summed E-state index contributed by atoms with van der Waals surface area (Å²) in [5.41, 5.74) is 0. The fourth-order valence-corrected chi connectivity index (χ4v) is 2.13. The lowest BCUT2D eigenvalue weighted by molar-refractivity contribution is -0.352. The van der Waals surface area contributed by atoms with Crippen molar-refractivity contribution >= 4 is 0 Å². The lowest BCUT2D eigenvalue weighted by Crippen LogP contribution is -2.55. The molecule has 0 aromatic rings. The maximum atomic E-state index is 12.8. The molecule has 0 aromatic heterocycles. The number of hydrogen-bond acceptors (Lipinski definition) is 6. The Morgan fingerprint density at radius 1 is 0.316 bits per heavy atom. The largest absolute Gasteiger partial charge is 0.430 e. The summed E-state index contributed by atoms with van der Waals surface area (Å²) in [6, 6.07) is -9.28. The summed E-state index contributed by atoms with van der Waals surface area (Å²) in [5.74, 6) is -36.3. The molecule has 0 rings (SSSR count). The molecule has 3 atom stereocenters. The van der Waals surface area contributed by atoms with Crippen molar-refractivity contribution in [1.82, 2.24) is 0 Å². The second kappa shape index (κ2) is 53.9.